The third-order valence-corrected chi connectivity index (χ3v) is 3.51. The number of nitrogens with zero attached hydrogens (tertiary/aromatic N) is 1. The summed E-state index contributed by atoms with van der Waals surface area (Å²) >= 11 is 0. The first-order valence-electron chi connectivity index (χ1n) is 7.29. The van der Waals surface area contributed by atoms with Crippen molar-refractivity contribution in [1.82, 2.24) is 10.5 Å². The summed E-state index contributed by atoms with van der Waals surface area (Å²) in [5.41, 5.74) is 0.404. The number of benzene rings is 2. The van der Waals surface area contributed by atoms with Crippen LogP contribution in [-0.4, -0.2) is 34.7 Å². The van der Waals surface area contributed by atoms with Crippen LogP contribution in [0.3, 0.4) is 0 Å². The molecule has 1 heterocycles. The van der Waals surface area contributed by atoms with Crippen molar-refractivity contribution in [2.24, 2.45) is 0 Å². The average Bonchev–Trinajstić information content (AvgIpc) is 3.11. The number of aliphatic hydroxyl groups is 1. The molecular formula is C17H15N3O4. The van der Waals surface area contributed by atoms with Gasteiger partial charge in [0.1, 0.15) is 12.3 Å². The first-order valence-corrected chi connectivity index (χ1v) is 7.29. The molecule has 0 saturated heterocycles. The van der Waals surface area contributed by atoms with E-state index < -0.39 is 24.5 Å². The Bertz CT molecular complexity index is 861. The minimum Gasteiger partial charge on any atom is -0.394 e. The molecule has 3 N–H and O–H groups in total. The number of aromatic nitrogens is 1. The fourth-order valence-electron chi connectivity index (χ4n) is 2.26. The molecule has 2 aromatic carbocycles. The Kier molecular flexibility index (Phi) is 4.53. The number of aliphatic hydroxyl groups excluding tert-OH is 1. The van der Waals surface area contributed by atoms with Crippen LogP contribution in [0.4, 0.5) is 5.82 Å². The zero-order chi connectivity index (χ0) is 16.9. The normalized spacial score (nSPS) is 11.9. The van der Waals surface area contributed by atoms with Crippen LogP contribution < -0.4 is 10.6 Å². The number of nitrogens with one attached hydrogen (secondary N) is 2. The Hall–Kier alpha value is -3.19. The van der Waals surface area contributed by atoms with Crippen LogP contribution in [0.15, 0.2) is 59.3 Å². The van der Waals surface area contributed by atoms with Gasteiger partial charge < -0.3 is 20.3 Å². The number of carbonyl (C=O) groups is 2. The predicted molar refractivity (Wildman–Crippen MR) is 87.4 cm³/mol. The summed E-state index contributed by atoms with van der Waals surface area (Å²) in [7, 11) is 0. The molecule has 0 saturated carbocycles. The van der Waals surface area contributed by atoms with E-state index in [0.29, 0.717) is 5.56 Å². The summed E-state index contributed by atoms with van der Waals surface area (Å²) < 4.78 is 4.61. The lowest BCUT2D eigenvalue weighted by Crippen LogP contribution is -2.46. The van der Waals surface area contributed by atoms with E-state index in [9.17, 15) is 14.7 Å². The topological polar surface area (TPSA) is 104 Å². The van der Waals surface area contributed by atoms with Gasteiger partial charge in [0.15, 0.2) is 5.82 Å². The van der Waals surface area contributed by atoms with Crippen molar-refractivity contribution in [3.8, 4) is 0 Å². The maximum absolute atomic E-state index is 12.3. The molecular weight excluding hydrogens is 310 g/mol. The number of rotatable bonds is 5. The molecule has 2 amide bonds. The van der Waals surface area contributed by atoms with Crippen molar-refractivity contribution >= 4 is 28.4 Å². The molecule has 7 nitrogen and oxygen atoms in total. The summed E-state index contributed by atoms with van der Waals surface area (Å²) in [4.78, 5) is 24.4. The van der Waals surface area contributed by atoms with Gasteiger partial charge in [-0.3, -0.25) is 9.59 Å². The highest BCUT2D eigenvalue weighted by Gasteiger charge is 2.21. The lowest BCUT2D eigenvalue weighted by molar-refractivity contribution is -0.118. The highest BCUT2D eigenvalue weighted by molar-refractivity contribution is 6.02. The van der Waals surface area contributed by atoms with E-state index in [0.717, 1.165) is 10.8 Å². The number of hydrogen-bond donors (Lipinski definition) is 3. The molecule has 0 bridgehead atoms. The van der Waals surface area contributed by atoms with Crippen molar-refractivity contribution in [2.75, 3.05) is 11.9 Å². The second-order valence-corrected chi connectivity index (χ2v) is 5.14. The van der Waals surface area contributed by atoms with E-state index in [2.05, 4.69) is 20.3 Å². The van der Waals surface area contributed by atoms with Gasteiger partial charge in [-0.15, -0.1) is 0 Å². The van der Waals surface area contributed by atoms with Gasteiger partial charge in [-0.25, -0.2) is 0 Å². The fourth-order valence-corrected chi connectivity index (χ4v) is 2.26. The summed E-state index contributed by atoms with van der Waals surface area (Å²) in [5.74, 6) is -0.825. The summed E-state index contributed by atoms with van der Waals surface area (Å²) in [6.07, 6.45) is 1.30. The first kappa shape index (κ1) is 15.7. The Morgan fingerprint density at radius 3 is 2.62 bits per heavy atom. The van der Waals surface area contributed by atoms with E-state index in [4.69, 9.17) is 0 Å². The minimum absolute atomic E-state index is 0.207. The highest BCUT2D eigenvalue weighted by Crippen LogP contribution is 2.15. The van der Waals surface area contributed by atoms with Crippen molar-refractivity contribution < 1.29 is 19.2 Å². The van der Waals surface area contributed by atoms with Gasteiger partial charge in [0, 0.05) is 11.6 Å². The number of amides is 2. The largest absolute Gasteiger partial charge is 0.394 e. The van der Waals surface area contributed by atoms with Gasteiger partial charge in [-0.2, -0.15) is 0 Å². The van der Waals surface area contributed by atoms with Gasteiger partial charge in [-0.1, -0.05) is 35.5 Å². The zero-order valence-electron chi connectivity index (χ0n) is 12.6. The Morgan fingerprint density at radius 1 is 1.12 bits per heavy atom. The van der Waals surface area contributed by atoms with Crippen molar-refractivity contribution in [2.45, 2.75) is 6.04 Å². The quantitative estimate of drug-likeness (QED) is 0.660. The van der Waals surface area contributed by atoms with E-state index in [1.54, 1.807) is 12.1 Å². The Balaban J connectivity index is 1.72. The van der Waals surface area contributed by atoms with Gasteiger partial charge in [0.05, 0.1) is 6.61 Å². The molecule has 3 aromatic rings. The molecule has 122 valence electrons. The third kappa shape index (κ3) is 3.41. The second-order valence-electron chi connectivity index (χ2n) is 5.14. The van der Waals surface area contributed by atoms with Crippen LogP contribution in [0, 0.1) is 0 Å². The van der Waals surface area contributed by atoms with Crippen LogP contribution in [-0.2, 0) is 4.79 Å². The van der Waals surface area contributed by atoms with E-state index in [-0.39, 0.29) is 5.82 Å². The van der Waals surface area contributed by atoms with Crippen molar-refractivity contribution in [3.63, 3.8) is 0 Å². The second kappa shape index (κ2) is 6.93. The lowest BCUT2D eigenvalue weighted by atomic mass is 10.1. The number of hydrogen-bond acceptors (Lipinski definition) is 5. The molecule has 1 atom stereocenters. The predicted octanol–water partition coefficient (Wildman–Crippen LogP) is 1.56. The van der Waals surface area contributed by atoms with Crippen LogP contribution in [0.2, 0.25) is 0 Å². The van der Waals surface area contributed by atoms with E-state index in [1.807, 2.05) is 30.3 Å². The van der Waals surface area contributed by atoms with Crippen molar-refractivity contribution in [3.05, 3.63) is 60.4 Å². The maximum atomic E-state index is 12.3. The molecule has 0 unspecified atom stereocenters. The van der Waals surface area contributed by atoms with Gasteiger partial charge >= 0.3 is 0 Å². The number of carbonyl (C=O) groups excluding carboxylic acids is 2. The Labute approximate surface area is 137 Å². The lowest BCUT2D eigenvalue weighted by Gasteiger charge is -2.15. The summed E-state index contributed by atoms with van der Waals surface area (Å²) in [6.45, 7) is -0.539. The monoisotopic (exact) mass is 325 g/mol. The highest BCUT2D eigenvalue weighted by atomic mass is 16.5. The summed E-state index contributed by atoms with van der Waals surface area (Å²) in [5, 5.41) is 19.8. The van der Waals surface area contributed by atoms with Gasteiger partial charge in [0.2, 0.25) is 0 Å². The number of fused-ring (bicyclic) bond motifs is 1. The summed E-state index contributed by atoms with van der Waals surface area (Å²) in [6, 6.07) is 13.2. The molecule has 0 spiro atoms. The molecule has 0 aliphatic rings. The molecule has 0 aliphatic heterocycles. The zero-order valence-corrected chi connectivity index (χ0v) is 12.6. The smallest absolute Gasteiger partial charge is 0.252 e. The van der Waals surface area contributed by atoms with Crippen LogP contribution >= 0.6 is 0 Å². The van der Waals surface area contributed by atoms with E-state index >= 15 is 0 Å². The molecule has 3 rings (SSSR count). The van der Waals surface area contributed by atoms with Gasteiger partial charge in [0.25, 0.3) is 11.8 Å². The number of anilines is 1. The fraction of sp³-hybridized carbons (Fsp3) is 0.118. The molecule has 1 aromatic heterocycles. The molecule has 7 heteroatoms. The van der Waals surface area contributed by atoms with Crippen LogP contribution in [0.5, 0.6) is 0 Å². The van der Waals surface area contributed by atoms with Crippen LogP contribution in [0.25, 0.3) is 10.8 Å². The van der Waals surface area contributed by atoms with Gasteiger partial charge in [-0.05, 0) is 22.9 Å². The first-order chi connectivity index (χ1) is 11.7. The maximum Gasteiger partial charge on any atom is 0.252 e. The minimum atomic E-state index is -1.10. The standard InChI is InChI=1S/C17H15N3O4/c21-10-14(17(23)19-15-7-8-24-20-15)18-16(22)13-6-5-11-3-1-2-4-12(11)9-13/h1-9,14,21H,10H2,(H,18,22)(H,19,20,23)/t14-/m0/s1. The SMILES string of the molecule is O=C(N[C@@H](CO)C(=O)Nc1ccon1)c1ccc2ccccc2c1. The van der Waals surface area contributed by atoms with Crippen LogP contribution in [0.1, 0.15) is 10.4 Å². The molecule has 0 aliphatic carbocycles. The Morgan fingerprint density at radius 2 is 1.92 bits per heavy atom. The third-order valence-electron chi connectivity index (χ3n) is 3.51. The molecule has 0 fully saturated rings. The van der Waals surface area contributed by atoms with Crippen molar-refractivity contribution in [1.29, 1.82) is 0 Å². The molecule has 0 radical (unpaired) electrons. The molecule has 24 heavy (non-hydrogen) atoms. The van der Waals surface area contributed by atoms with E-state index in [1.165, 1.54) is 12.3 Å². The average molecular weight is 325 g/mol.